The first-order valence-electron chi connectivity index (χ1n) is 10.5. The third-order valence-corrected chi connectivity index (χ3v) is 5.85. The van der Waals surface area contributed by atoms with Gasteiger partial charge in [-0.2, -0.15) is 0 Å². The zero-order chi connectivity index (χ0) is 21.6. The van der Waals surface area contributed by atoms with Crippen LogP contribution in [-0.2, 0) is 4.79 Å². The summed E-state index contributed by atoms with van der Waals surface area (Å²) in [6, 6.07) is 24.7. The molecule has 1 amide bonds. The minimum absolute atomic E-state index is 0.0112. The molecule has 1 saturated heterocycles. The zero-order valence-electron chi connectivity index (χ0n) is 17.5. The summed E-state index contributed by atoms with van der Waals surface area (Å²) in [6.07, 6.45) is 0. The standard InChI is InChI=1S/C25H26ClN3O2/c1-19(28-15-17-29(18-16-28)24-10-6-5-9-23(24)26)25(30)27-20-11-13-22(14-12-20)31-21-7-3-2-4-8-21/h2-14,19H,15-18H2,1H3,(H,27,30)/t19-/m1/s1. The molecule has 0 aromatic heterocycles. The number of rotatable bonds is 6. The molecule has 0 radical (unpaired) electrons. The summed E-state index contributed by atoms with van der Waals surface area (Å²) in [7, 11) is 0. The van der Waals surface area contributed by atoms with Gasteiger partial charge in [-0.25, -0.2) is 0 Å². The molecule has 0 saturated carbocycles. The SMILES string of the molecule is C[C@H](C(=O)Nc1ccc(Oc2ccccc2)cc1)N1CCN(c2ccccc2Cl)CC1. The lowest BCUT2D eigenvalue weighted by atomic mass is 10.2. The summed E-state index contributed by atoms with van der Waals surface area (Å²) >= 11 is 6.33. The van der Waals surface area contributed by atoms with Crippen LogP contribution in [0.4, 0.5) is 11.4 Å². The van der Waals surface area contributed by atoms with Crippen molar-refractivity contribution < 1.29 is 9.53 Å². The highest BCUT2D eigenvalue weighted by atomic mass is 35.5. The van der Waals surface area contributed by atoms with E-state index in [2.05, 4.69) is 15.1 Å². The number of carbonyl (C=O) groups is 1. The quantitative estimate of drug-likeness (QED) is 0.572. The molecular weight excluding hydrogens is 410 g/mol. The van der Waals surface area contributed by atoms with Crippen molar-refractivity contribution in [2.75, 3.05) is 36.4 Å². The van der Waals surface area contributed by atoms with Crippen LogP contribution in [0.3, 0.4) is 0 Å². The molecule has 0 bridgehead atoms. The summed E-state index contributed by atoms with van der Waals surface area (Å²) < 4.78 is 5.80. The first-order chi connectivity index (χ1) is 15.1. The predicted octanol–water partition coefficient (Wildman–Crippen LogP) is 5.28. The molecule has 1 aliphatic rings. The van der Waals surface area contributed by atoms with Gasteiger partial charge < -0.3 is 15.0 Å². The topological polar surface area (TPSA) is 44.8 Å². The minimum atomic E-state index is -0.214. The van der Waals surface area contributed by atoms with Crippen LogP contribution < -0.4 is 15.0 Å². The Kier molecular flexibility index (Phi) is 6.75. The fraction of sp³-hybridized carbons (Fsp3) is 0.240. The van der Waals surface area contributed by atoms with Crippen LogP contribution in [0.5, 0.6) is 11.5 Å². The van der Waals surface area contributed by atoms with Crippen molar-refractivity contribution in [1.29, 1.82) is 0 Å². The van der Waals surface area contributed by atoms with E-state index in [-0.39, 0.29) is 11.9 Å². The highest BCUT2D eigenvalue weighted by Gasteiger charge is 2.26. The number of hydrogen-bond donors (Lipinski definition) is 1. The van der Waals surface area contributed by atoms with Gasteiger partial charge >= 0.3 is 0 Å². The van der Waals surface area contributed by atoms with E-state index in [4.69, 9.17) is 16.3 Å². The first kappa shape index (κ1) is 21.2. The van der Waals surface area contributed by atoms with E-state index >= 15 is 0 Å². The summed E-state index contributed by atoms with van der Waals surface area (Å²) in [4.78, 5) is 17.3. The molecule has 0 aliphatic carbocycles. The third kappa shape index (κ3) is 5.37. The summed E-state index contributed by atoms with van der Waals surface area (Å²) in [5.74, 6) is 1.50. The molecule has 4 rings (SSSR count). The average Bonchev–Trinajstić information content (AvgIpc) is 2.81. The molecule has 1 atom stereocenters. The van der Waals surface area contributed by atoms with Crippen LogP contribution in [-0.4, -0.2) is 43.0 Å². The number of carbonyl (C=O) groups excluding carboxylic acids is 1. The Bertz CT molecular complexity index is 1000. The van der Waals surface area contributed by atoms with Gasteiger partial charge in [0.2, 0.25) is 5.91 Å². The Morgan fingerprint density at radius 1 is 0.871 bits per heavy atom. The highest BCUT2D eigenvalue weighted by Crippen LogP contribution is 2.27. The molecule has 31 heavy (non-hydrogen) atoms. The van der Waals surface area contributed by atoms with Crippen molar-refractivity contribution in [2.24, 2.45) is 0 Å². The molecule has 3 aromatic rings. The highest BCUT2D eigenvalue weighted by molar-refractivity contribution is 6.33. The molecule has 1 aliphatic heterocycles. The lowest BCUT2D eigenvalue weighted by Gasteiger charge is -2.38. The number of ether oxygens (including phenoxy) is 1. The van der Waals surface area contributed by atoms with Crippen molar-refractivity contribution in [3.63, 3.8) is 0 Å². The Balaban J connectivity index is 1.29. The molecule has 1 fully saturated rings. The summed E-state index contributed by atoms with van der Waals surface area (Å²) in [6.45, 7) is 5.25. The van der Waals surface area contributed by atoms with Crippen LogP contribution in [0.1, 0.15) is 6.92 Å². The Morgan fingerprint density at radius 3 is 2.16 bits per heavy atom. The van der Waals surface area contributed by atoms with E-state index in [0.717, 1.165) is 54.1 Å². The van der Waals surface area contributed by atoms with Crippen LogP contribution in [0.2, 0.25) is 5.02 Å². The minimum Gasteiger partial charge on any atom is -0.457 e. The maximum Gasteiger partial charge on any atom is 0.241 e. The second-order valence-electron chi connectivity index (χ2n) is 7.58. The fourth-order valence-electron chi connectivity index (χ4n) is 3.70. The number of halogens is 1. The van der Waals surface area contributed by atoms with Crippen LogP contribution >= 0.6 is 11.6 Å². The lowest BCUT2D eigenvalue weighted by molar-refractivity contribution is -0.120. The summed E-state index contributed by atoms with van der Waals surface area (Å²) in [5.41, 5.74) is 1.81. The van der Waals surface area contributed by atoms with Crippen LogP contribution in [0.15, 0.2) is 78.9 Å². The smallest absolute Gasteiger partial charge is 0.241 e. The van der Waals surface area contributed by atoms with Crippen molar-refractivity contribution in [3.05, 3.63) is 83.9 Å². The van der Waals surface area contributed by atoms with Crippen LogP contribution in [0, 0.1) is 0 Å². The molecule has 3 aromatic carbocycles. The molecular formula is C25H26ClN3O2. The van der Waals surface area contributed by atoms with Gasteiger partial charge in [-0.05, 0) is 55.5 Å². The second kappa shape index (κ2) is 9.86. The molecule has 6 heteroatoms. The Morgan fingerprint density at radius 2 is 1.48 bits per heavy atom. The number of hydrogen-bond acceptors (Lipinski definition) is 4. The first-order valence-corrected chi connectivity index (χ1v) is 10.9. The largest absolute Gasteiger partial charge is 0.457 e. The number of amides is 1. The van der Waals surface area contributed by atoms with E-state index in [9.17, 15) is 4.79 Å². The average molecular weight is 436 g/mol. The Hall–Kier alpha value is -3.02. The zero-order valence-corrected chi connectivity index (χ0v) is 18.3. The summed E-state index contributed by atoms with van der Waals surface area (Å²) in [5, 5.41) is 3.78. The maximum atomic E-state index is 12.8. The van der Waals surface area contributed by atoms with Crippen molar-refractivity contribution in [3.8, 4) is 11.5 Å². The molecule has 1 heterocycles. The van der Waals surface area contributed by atoms with Gasteiger partial charge in [0.15, 0.2) is 0 Å². The van der Waals surface area contributed by atoms with Crippen molar-refractivity contribution >= 4 is 28.9 Å². The van der Waals surface area contributed by atoms with E-state index < -0.39 is 0 Å². The van der Waals surface area contributed by atoms with E-state index in [1.54, 1.807) is 0 Å². The normalized spacial score (nSPS) is 15.4. The Labute approximate surface area is 188 Å². The number of piperazine rings is 1. The van der Waals surface area contributed by atoms with Gasteiger partial charge in [-0.1, -0.05) is 41.9 Å². The van der Waals surface area contributed by atoms with E-state index in [0.29, 0.717) is 0 Å². The van der Waals surface area contributed by atoms with Crippen molar-refractivity contribution in [1.82, 2.24) is 4.90 Å². The van der Waals surface area contributed by atoms with Gasteiger partial charge in [0.25, 0.3) is 0 Å². The van der Waals surface area contributed by atoms with Crippen molar-refractivity contribution in [2.45, 2.75) is 13.0 Å². The predicted molar refractivity (Wildman–Crippen MR) is 126 cm³/mol. The molecule has 1 N–H and O–H groups in total. The van der Waals surface area contributed by atoms with Gasteiger partial charge in [-0.15, -0.1) is 0 Å². The van der Waals surface area contributed by atoms with Gasteiger partial charge in [0.1, 0.15) is 11.5 Å². The monoisotopic (exact) mass is 435 g/mol. The molecule has 0 spiro atoms. The fourth-order valence-corrected chi connectivity index (χ4v) is 3.96. The number of nitrogens with one attached hydrogen (secondary N) is 1. The molecule has 160 valence electrons. The van der Waals surface area contributed by atoms with E-state index in [1.165, 1.54) is 0 Å². The van der Waals surface area contributed by atoms with Gasteiger partial charge in [-0.3, -0.25) is 9.69 Å². The van der Waals surface area contributed by atoms with Gasteiger partial charge in [0, 0.05) is 31.9 Å². The second-order valence-corrected chi connectivity index (χ2v) is 7.99. The molecule has 5 nitrogen and oxygen atoms in total. The number of nitrogens with zero attached hydrogens (tertiary/aromatic N) is 2. The number of para-hydroxylation sites is 2. The van der Waals surface area contributed by atoms with Gasteiger partial charge in [0.05, 0.1) is 16.8 Å². The lowest BCUT2D eigenvalue weighted by Crippen LogP contribution is -2.52. The van der Waals surface area contributed by atoms with Crippen LogP contribution in [0.25, 0.3) is 0 Å². The van der Waals surface area contributed by atoms with E-state index in [1.807, 2.05) is 85.8 Å². The maximum absolute atomic E-state index is 12.8. The third-order valence-electron chi connectivity index (χ3n) is 5.54. The number of benzene rings is 3. The molecule has 0 unspecified atom stereocenters. The number of anilines is 2.